The van der Waals surface area contributed by atoms with E-state index in [1.54, 1.807) is 12.1 Å². The second-order valence-corrected chi connectivity index (χ2v) is 9.41. The van der Waals surface area contributed by atoms with Gasteiger partial charge in [0.05, 0.1) is 9.79 Å². The Hall–Kier alpha value is -3.37. The van der Waals surface area contributed by atoms with E-state index in [-0.39, 0.29) is 0 Å². The highest BCUT2D eigenvalue weighted by atomic mass is 32.2. The van der Waals surface area contributed by atoms with Gasteiger partial charge < -0.3 is 4.57 Å². The maximum Gasteiger partial charge on any atom is 0.207 e. The molecular formula is C25H17NO2S. The van der Waals surface area contributed by atoms with Crippen LogP contribution < -0.4 is 0 Å². The van der Waals surface area contributed by atoms with E-state index in [0.29, 0.717) is 9.79 Å². The molecule has 29 heavy (non-hydrogen) atoms. The molecule has 0 saturated heterocycles. The average Bonchev–Trinajstić information content (AvgIpc) is 3.17. The van der Waals surface area contributed by atoms with Crippen molar-refractivity contribution in [3.8, 4) is 22.3 Å². The summed E-state index contributed by atoms with van der Waals surface area (Å²) in [5, 5.41) is 2.38. The first-order valence-corrected chi connectivity index (χ1v) is 11.0. The molecule has 0 N–H and O–H groups in total. The van der Waals surface area contributed by atoms with Gasteiger partial charge in [0.15, 0.2) is 0 Å². The number of rotatable bonds is 1. The molecule has 0 saturated carbocycles. The van der Waals surface area contributed by atoms with Crippen molar-refractivity contribution < 1.29 is 8.42 Å². The van der Waals surface area contributed by atoms with Crippen molar-refractivity contribution in [1.82, 2.24) is 4.57 Å². The van der Waals surface area contributed by atoms with Crippen LogP contribution in [0.2, 0.25) is 0 Å². The second-order valence-electron chi connectivity index (χ2n) is 7.52. The molecule has 5 aromatic rings. The van der Waals surface area contributed by atoms with Crippen molar-refractivity contribution in [3.05, 3.63) is 84.9 Å². The molecule has 0 amide bonds. The van der Waals surface area contributed by atoms with E-state index in [2.05, 4.69) is 41.9 Å². The van der Waals surface area contributed by atoms with Crippen LogP contribution in [-0.2, 0) is 16.9 Å². The third-order valence-corrected chi connectivity index (χ3v) is 7.84. The predicted molar refractivity (Wildman–Crippen MR) is 117 cm³/mol. The smallest absolute Gasteiger partial charge is 0.207 e. The monoisotopic (exact) mass is 395 g/mol. The second kappa shape index (κ2) is 5.58. The van der Waals surface area contributed by atoms with Gasteiger partial charge in [-0.25, -0.2) is 8.42 Å². The maximum absolute atomic E-state index is 13.0. The molecule has 6 rings (SSSR count). The molecule has 3 nitrogen and oxygen atoms in total. The van der Waals surface area contributed by atoms with E-state index in [1.165, 1.54) is 16.3 Å². The Balaban J connectivity index is 1.58. The molecule has 0 bridgehead atoms. The molecule has 4 heteroatoms. The molecule has 0 spiro atoms. The number of hydrogen-bond donors (Lipinski definition) is 0. The summed E-state index contributed by atoms with van der Waals surface area (Å²) in [6.07, 6.45) is 0. The fourth-order valence-electron chi connectivity index (χ4n) is 4.54. The number of sulfone groups is 1. The summed E-state index contributed by atoms with van der Waals surface area (Å²) < 4.78 is 28.3. The van der Waals surface area contributed by atoms with Crippen LogP contribution in [-0.4, -0.2) is 13.0 Å². The molecule has 4 aromatic carbocycles. The van der Waals surface area contributed by atoms with Crippen LogP contribution >= 0.6 is 0 Å². The van der Waals surface area contributed by atoms with Gasteiger partial charge in [0, 0.05) is 40.0 Å². The normalized spacial score (nSPS) is 14.2. The van der Waals surface area contributed by atoms with E-state index in [4.69, 9.17) is 0 Å². The van der Waals surface area contributed by atoms with Crippen LogP contribution in [0.3, 0.4) is 0 Å². The van der Waals surface area contributed by atoms with Crippen molar-refractivity contribution in [2.45, 2.75) is 9.79 Å². The van der Waals surface area contributed by atoms with E-state index < -0.39 is 9.84 Å². The van der Waals surface area contributed by atoms with E-state index in [9.17, 15) is 8.42 Å². The maximum atomic E-state index is 13.0. The lowest BCUT2D eigenvalue weighted by atomic mass is 9.99. The summed E-state index contributed by atoms with van der Waals surface area (Å²) in [7, 11) is -1.40. The third-order valence-electron chi connectivity index (χ3n) is 5.98. The number of nitrogens with zero attached hydrogens (tertiary/aromatic N) is 1. The van der Waals surface area contributed by atoms with Gasteiger partial charge >= 0.3 is 0 Å². The van der Waals surface area contributed by atoms with Gasteiger partial charge in [-0.3, -0.25) is 0 Å². The SMILES string of the molecule is Cn1c2ccccc2c2cc(-c3ccc4c(c3)S(=O)(=O)c3ccccc3-4)ccc21. The average molecular weight is 395 g/mol. The summed E-state index contributed by atoms with van der Waals surface area (Å²) in [5.41, 5.74) is 5.86. The fourth-order valence-corrected chi connectivity index (χ4v) is 6.25. The summed E-state index contributed by atoms with van der Waals surface area (Å²) >= 11 is 0. The Morgan fingerprint density at radius 2 is 1.28 bits per heavy atom. The predicted octanol–water partition coefficient (Wildman–Crippen LogP) is 5.81. The first kappa shape index (κ1) is 16.6. The molecule has 0 aliphatic carbocycles. The summed E-state index contributed by atoms with van der Waals surface area (Å²) in [5.74, 6) is 0. The highest BCUT2D eigenvalue weighted by Gasteiger charge is 2.32. The van der Waals surface area contributed by atoms with Crippen molar-refractivity contribution in [2.24, 2.45) is 7.05 Å². The highest BCUT2D eigenvalue weighted by Crippen LogP contribution is 2.44. The third kappa shape index (κ3) is 2.15. The van der Waals surface area contributed by atoms with Crippen LogP contribution in [0.5, 0.6) is 0 Å². The van der Waals surface area contributed by atoms with Crippen LogP contribution in [0.4, 0.5) is 0 Å². The van der Waals surface area contributed by atoms with E-state index >= 15 is 0 Å². The van der Waals surface area contributed by atoms with E-state index in [0.717, 1.165) is 27.8 Å². The zero-order valence-corrected chi connectivity index (χ0v) is 16.6. The highest BCUT2D eigenvalue weighted by molar-refractivity contribution is 7.92. The fraction of sp³-hybridized carbons (Fsp3) is 0.0400. The van der Waals surface area contributed by atoms with Gasteiger partial charge in [-0.1, -0.05) is 54.6 Å². The summed E-state index contributed by atoms with van der Waals surface area (Å²) in [4.78, 5) is 0.797. The number of aryl methyl sites for hydroxylation is 1. The number of fused-ring (bicyclic) bond motifs is 6. The van der Waals surface area contributed by atoms with Crippen molar-refractivity contribution >= 4 is 31.6 Å². The molecule has 0 atom stereocenters. The Morgan fingerprint density at radius 3 is 2.17 bits per heavy atom. The number of benzene rings is 4. The number of para-hydroxylation sites is 1. The minimum Gasteiger partial charge on any atom is -0.344 e. The molecule has 2 heterocycles. The lowest BCUT2D eigenvalue weighted by Gasteiger charge is -2.06. The van der Waals surface area contributed by atoms with Gasteiger partial charge in [0.2, 0.25) is 9.84 Å². The molecule has 1 aliphatic rings. The molecule has 140 valence electrons. The zero-order valence-electron chi connectivity index (χ0n) is 15.8. The van der Waals surface area contributed by atoms with Gasteiger partial charge in [0.25, 0.3) is 0 Å². The van der Waals surface area contributed by atoms with Crippen LogP contribution in [0.25, 0.3) is 44.1 Å². The first-order valence-electron chi connectivity index (χ1n) is 9.52. The number of hydrogen-bond acceptors (Lipinski definition) is 2. The quantitative estimate of drug-likeness (QED) is 0.352. The lowest BCUT2D eigenvalue weighted by molar-refractivity contribution is 0.598. The summed E-state index contributed by atoms with van der Waals surface area (Å²) in [6.45, 7) is 0. The Kier molecular flexibility index (Phi) is 3.19. The van der Waals surface area contributed by atoms with Crippen LogP contribution in [0, 0.1) is 0 Å². The van der Waals surface area contributed by atoms with Crippen molar-refractivity contribution in [3.63, 3.8) is 0 Å². The molecule has 0 unspecified atom stereocenters. The molecule has 1 aromatic heterocycles. The molecule has 0 radical (unpaired) electrons. The minimum absolute atomic E-state index is 0.397. The van der Waals surface area contributed by atoms with Crippen molar-refractivity contribution in [2.75, 3.05) is 0 Å². The Bertz CT molecular complexity index is 1580. The van der Waals surface area contributed by atoms with Crippen LogP contribution in [0.15, 0.2) is 94.7 Å². The van der Waals surface area contributed by atoms with Gasteiger partial charge in [-0.15, -0.1) is 0 Å². The lowest BCUT2D eigenvalue weighted by Crippen LogP contribution is -1.96. The van der Waals surface area contributed by atoms with Gasteiger partial charge in [-0.2, -0.15) is 0 Å². The van der Waals surface area contributed by atoms with Crippen LogP contribution in [0.1, 0.15) is 0 Å². The van der Waals surface area contributed by atoms with E-state index in [1.807, 2.05) is 42.5 Å². The Labute approximate surface area is 168 Å². The minimum atomic E-state index is -3.47. The zero-order chi connectivity index (χ0) is 19.8. The topological polar surface area (TPSA) is 39.1 Å². The Morgan fingerprint density at radius 1 is 0.621 bits per heavy atom. The number of aromatic nitrogens is 1. The van der Waals surface area contributed by atoms with Gasteiger partial charge in [-0.05, 0) is 41.5 Å². The standard InChI is InChI=1S/C25H17NO2S/c1-26-22-8-4-2-6-18(22)21-14-16(11-13-23(21)26)17-10-12-20-19-7-3-5-9-24(19)29(27,28)25(20)15-17/h2-15H,1H3. The summed E-state index contributed by atoms with van der Waals surface area (Å²) in [6, 6.07) is 27.7. The molecule has 1 aliphatic heterocycles. The van der Waals surface area contributed by atoms with Gasteiger partial charge in [0.1, 0.15) is 0 Å². The molecular weight excluding hydrogens is 378 g/mol. The van der Waals surface area contributed by atoms with Crippen molar-refractivity contribution in [1.29, 1.82) is 0 Å². The largest absolute Gasteiger partial charge is 0.344 e. The molecule has 0 fully saturated rings. The first-order chi connectivity index (χ1) is 14.1.